The molecule has 3 aromatic rings. The van der Waals surface area contributed by atoms with Gasteiger partial charge in [0, 0.05) is 17.4 Å². The van der Waals surface area contributed by atoms with Crippen LogP contribution in [-0.2, 0) is 21.2 Å². The lowest BCUT2D eigenvalue weighted by Crippen LogP contribution is -2.17. The molecule has 0 radical (unpaired) electrons. The lowest BCUT2D eigenvalue weighted by atomic mass is 10.3. The van der Waals surface area contributed by atoms with E-state index in [1.54, 1.807) is 18.2 Å². The molecule has 6 nitrogen and oxygen atoms in total. The molecule has 0 N–H and O–H groups in total. The lowest BCUT2D eigenvalue weighted by molar-refractivity contribution is -0.117. The monoisotopic (exact) mass is 494 g/mol. The number of nitrogens with zero attached hydrogens (tertiary/aromatic N) is 2. The number of ether oxygens (including phenoxy) is 1. The molecule has 1 heterocycles. The Kier molecular flexibility index (Phi) is 6.71. The number of methoxy groups -OCH3 is 1. The second-order valence-corrected chi connectivity index (χ2v) is 10.2. The summed E-state index contributed by atoms with van der Waals surface area (Å²) in [6.45, 7) is 4.25. The smallest absolute Gasteiger partial charge is 0.249 e. The van der Waals surface area contributed by atoms with Crippen LogP contribution in [-0.4, -0.2) is 31.8 Å². The fourth-order valence-electron chi connectivity index (χ4n) is 2.72. The zero-order valence-corrected chi connectivity index (χ0v) is 18.9. The molecule has 0 saturated carbocycles. The molecule has 0 bridgehead atoms. The van der Waals surface area contributed by atoms with Crippen molar-refractivity contribution in [3.8, 4) is 5.75 Å². The summed E-state index contributed by atoms with van der Waals surface area (Å²) >= 11 is 4.81. The second kappa shape index (κ2) is 9.06. The number of benzene rings is 2. The van der Waals surface area contributed by atoms with E-state index in [0.29, 0.717) is 17.1 Å². The van der Waals surface area contributed by atoms with Crippen LogP contribution in [0.25, 0.3) is 10.2 Å². The van der Waals surface area contributed by atoms with Crippen LogP contribution in [0.4, 0.5) is 0 Å². The van der Waals surface area contributed by atoms with Crippen LogP contribution in [0.3, 0.4) is 0 Å². The van der Waals surface area contributed by atoms with Crippen molar-refractivity contribution in [1.29, 1.82) is 0 Å². The Morgan fingerprint density at radius 1 is 1.28 bits per heavy atom. The zero-order valence-electron chi connectivity index (χ0n) is 15.7. The molecule has 2 aromatic carbocycles. The molecule has 0 fully saturated rings. The van der Waals surface area contributed by atoms with Gasteiger partial charge < -0.3 is 9.30 Å². The van der Waals surface area contributed by atoms with Gasteiger partial charge >= 0.3 is 0 Å². The summed E-state index contributed by atoms with van der Waals surface area (Å²) in [5, 5.41) is 0. The number of sulfone groups is 1. The maximum Gasteiger partial charge on any atom is 0.249 e. The molecule has 0 unspecified atom stereocenters. The lowest BCUT2D eigenvalue weighted by Gasteiger charge is -2.04. The Morgan fingerprint density at radius 2 is 2.00 bits per heavy atom. The fourth-order valence-corrected chi connectivity index (χ4v) is 5.56. The van der Waals surface area contributed by atoms with Crippen LogP contribution in [0.2, 0.25) is 0 Å². The number of carbonyl (C=O) groups is 1. The Bertz CT molecular complexity index is 1230. The zero-order chi connectivity index (χ0) is 21.0. The van der Waals surface area contributed by atoms with E-state index in [0.717, 1.165) is 14.7 Å². The summed E-state index contributed by atoms with van der Waals surface area (Å²) in [5.41, 5.74) is 0.940. The molecule has 0 aliphatic heterocycles. The number of amides is 1. The molecule has 0 spiro atoms. The summed E-state index contributed by atoms with van der Waals surface area (Å²) < 4.78 is 33.8. The van der Waals surface area contributed by atoms with Crippen LogP contribution in [0, 0.1) is 0 Å². The summed E-state index contributed by atoms with van der Waals surface area (Å²) in [4.78, 5) is 17.2. The fraction of sp³-hybridized carbons (Fsp3) is 0.200. The Morgan fingerprint density at radius 3 is 2.66 bits per heavy atom. The molecule has 0 atom stereocenters. The van der Waals surface area contributed by atoms with Crippen molar-refractivity contribution < 1.29 is 17.9 Å². The minimum absolute atomic E-state index is 0.152. The van der Waals surface area contributed by atoms with Crippen LogP contribution in [0.5, 0.6) is 5.75 Å². The molecule has 1 aromatic heterocycles. The second-order valence-electron chi connectivity index (χ2n) is 6.15. The SMILES string of the molecule is C=CCn1c(=NC(=O)CCS(=O)(=O)c2ccc(OC)cc2)sc2cc(Br)ccc21. The molecule has 9 heteroatoms. The van der Waals surface area contributed by atoms with Gasteiger partial charge in [-0.05, 0) is 42.5 Å². The van der Waals surface area contributed by atoms with Crippen molar-refractivity contribution in [3.63, 3.8) is 0 Å². The highest BCUT2D eigenvalue weighted by Crippen LogP contribution is 2.22. The minimum atomic E-state index is -3.59. The van der Waals surface area contributed by atoms with Gasteiger partial charge in [0.15, 0.2) is 14.6 Å². The van der Waals surface area contributed by atoms with E-state index in [-0.39, 0.29) is 17.1 Å². The van der Waals surface area contributed by atoms with Gasteiger partial charge in [0.05, 0.1) is 28.0 Å². The third-order valence-corrected chi connectivity index (χ3v) is 7.45. The summed E-state index contributed by atoms with van der Waals surface area (Å²) in [5.74, 6) is -0.219. The first kappa shape index (κ1) is 21.5. The Balaban J connectivity index is 1.83. The number of hydrogen-bond donors (Lipinski definition) is 0. The maximum absolute atomic E-state index is 12.5. The van der Waals surface area contributed by atoms with Gasteiger partial charge in [-0.15, -0.1) is 6.58 Å². The van der Waals surface area contributed by atoms with Gasteiger partial charge in [0.25, 0.3) is 0 Å². The van der Waals surface area contributed by atoms with Gasteiger partial charge in [-0.1, -0.05) is 33.3 Å². The van der Waals surface area contributed by atoms with Gasteiger partial charge in [0.1, 0.15) is 5.75 Å². The third-order valence-electron chi connectivity index (χ3n) is 4.18. The number of thiazole rings is 1. The number of fused-ring (bicyclic) bond motifs is 1. The molecule has 1 amide bonds. The number of aromatic nitrogens is 1. The summed E-state index contributed by atoms with van der Waals surface area (Å²) in [6.07, 6.45) is 1.53. The van der Waals surface area contributed by atoms with E-state index in [4.69, 9.17) is 4.74 Å². The van der Waals surface area contributed by atoms with Crippen LogP contribution >= 0.6 is 27.3 Å². The normalized spacial score (nSPS) is 12.3. The van der Waals surface area contributed by atoms with E-state index in [1.165, 1.54) is 30.6 Å². The quantitative estimate of drug-likeness (QED) is 0.465. The number of allylic oxidation sites excluding steroid dienone is 1. The van der Waals surface area contributed by atoms with Crippen molar-refractivity contribution in [2.75, 3.05) is 12.9 Å². The van der Waals surface area contributed by atoms with Crippen LogP contribution in [0.1, 0.15) is 6.42 Å². The molecular weight excluding hydrogens is 476 g/mol. The van der Waals surface area contributed by atoms with Crippen LogP contribution < -0.4 is 9.54 Å². The summed E-state index contributed by atoms with van der Waals surface area (Å²) in [6, 6.07) is 11.9. The highest BCUT2D eigenvalue weighted by Gasteiger charge is 2.17. The van der Waals surface area contributed by atoms with Crippen molar-refractivity contribution >= 4 is 53.2 Å². The summed E-state index contributed by atoms with van der Waals surface area (Å²) in [7, 11) is -2.08. The average molecular weight is 495 g/mol. The molecule has 3 rings (SSSR count). The molecule has 0 aliphatic rings. The van der Waals surface area contributed by atoms with Gasteiger partial charge in [0.2, 0.25) is 5.91 Å². The van der Waals surface area contributed by atoms with Gasteiger partial charge in [-0.3, -0.25) is 4.79 Å². The molecule has 29 heavy (non-hydrogen) atoms. The molecule has 152 valence electrons. The largest absolute Gasteiger partial charge is 0.497 e. The van der Waals surface area contributed by atoms with E-state index in [2.05, 4.69) is 27.5 Å². The van der Waals surface area contributed by atoms with Crippen molar-refractivity contribution in [3.05, 3.63) is 64.4 Å². The molecule has 0 aliphatic carbocycles. The Labute approximate surface area is 181 Å². The topological polar surface area (TPSA) is 77.7 Å². The first-order valence-electron chi connectivity index (χ1n) is 8.68. The van der Waals surface area contributed by atoms with Crippen molar-refractivity contribution in [2.45, 2.75) is 17.9 Å². The van der Waals surface area contributed by atoms with E-state index >= 15 is 0 Å². The van der Waals surface area contributed by atoms with Crippen molar-refractivity contribution in [2.24, 2.45) is 4.99 Å². The first-order valence-corrected chi connectivity index (χ1v) is 11.9. The highest BCUT2D eigenvalue weighted by atomic mass is 79.9. The standard InChI is InChI=1S/C20H19BrN2O4S2/c1-3-11-23-17-9-4-14(21)13-18(17)28-20(23)22-19(24)10-12-29(25,26)16-7-5-15(27-2)6-8-16/h3-9,13H,1,10-12H2,2H3. The maximum atomic E-state index is 12.5. The van der Waals surface area contributed by atoms with Crippen LogP contribution in [0.15, 0.2) is 69.5 Å². The van der Waals surface area contributed by atoms with E-state index in [9.17, 15) is 13.2 Å². The molecule has 0 saturated heterocycles. The number of hydrogen-bond acceptors (Lipinski definition) is 5. The number of halogens is 1. The third kappa shape index (κ3) is 5.04. The van der Waals surface area contributed by atoms with E-state index < -0.39 is 15.7 Å². The molecular formula is C20H19BrN2O4S2. The first-order chi connectivity index (χ1) is 13.8. The Hall–Kier alpha value is -2.23. The average Bonchev–Trinajstić information content (AvgIpc) is 3.03. The predicted octanol–water partition coefficient (Wildman–Crippen LogP) is 3.95. The van der Waals surface area contributed by atoms with E-state index in [1.807, 2.05) is 22.8 Å². The number of carbonyl (C=O) groups excluding carboxylic acids is 1. The predicted molar refractivity (Wildman–Crippen MR) is 118 cm³/mol. The highest BCUT2D eigenvalue weighted by molar-refractivity contribution is 9.10. The van der Waals surface area contributed by atoms with Gasteiger partial charge in [-0.25, -0.2) is 8.42 Å². The minimum Gasteiger partial charge on any atom is -0.497 e. The van der Waals surface area contributed by atoms with Gasteiger partial charge in [-0.2, -0.15) is 4.99 Å². The van der Waals surface area contributed by atoms with Crippen molar-refractivity contribution in [1.82, 2.24) is 4.57 Å². The number of rotatable bonds is 7.